The SMILES string of the molecule is Cc1ccc(NC(=O)CNc2cc(S(=O)(=O)N(C)C)cc(C)c2C)cc1. The maximum absolute atomic E-state index is 12.4. The molecule has 2 aromatic rings. The molecule has 2 aromatic carbocycles. The monoisotopic (exact) mass is 375 g/mol. The number of hydrogen-bond acceptors (Lipinski definition) is 4. The second kappa shape index (κ2) is 7.88. The molecule has 6 nitrogen and oxygen atoms in total. The molecule has 0 aliphatic carbocycles. The van der Waals surface area contributed by atoms with Crippen LogP contribution in [0, 0.1) is 20.8 Å². The molecular formula is C19H25N3O3S. The summed E-state index contributed by atoms with van der Waals surface area (Å²) in [4.78, 5) is 12.4. The van der Waals surface area contributed by atoms with E-state index in [0.717, 1.165) is 22.4 Å². The van der Waals surface area contributed by atoms with Gasteiger partial charge in [0.15, 0.2) is 0 Å². The van der Waals surface area contributed by atoms with Gasteiger partial charge in [-0.3, -0.25) is 4.79 Å². The van der Waals surface area contributed by atoms with Crippen LogP contribution in [0.15, 0.2) is 41.3 Å². The van der Waals surface area contributed by atoms with Crippen molar-refractivity contribution >= 4 is 27.3 Å². The molecule has 0 fully saturated rings. The van der Waals surface area contributed by atoms with Gasteiger partial charge in [0.1, 0.15) is 0 Å². The quantitative estimate of drug-likeness (QED) is 0.814. The summed E-state index contributed by atoms with van der Waals surface area (Å²) >= 11 is 0. The first-order chi connectivity index (χ1) is 12.1. The number of aryl methyl sites for hydroxylation is 2. The highest BCUT2D eigenvalue weighted by Gasteiger charge is 2.19. The van der Waals surface area contributed by atoms with Gasteiger partial charge >= 0.3 is 0 Å². The largest absolute Gasteiger partial charge is 0.376 e. The molecular weight excluding hydrogens is 350 g/mol. The Kier molecular flexibility index (Phi) is 6.05. The van der Waals surface area contributed by atoms with E-state index in [-0.39, 0.29) is 17.3 Å². The Bertz CT molecular complexity index is 904. The Balaban J connectivity index is 2.15. The summed E-state index contributed by atoms with van der Waals surface area (Å²) < 4.78 is 25.9. The summed E-state index contributed by atoms with van der Waals surface area (Å²) in [5.74, 6) is -0.202. The number of sulfonamides is 1. The van der Waals surface area contributed by atoms with Gasteiger partial charge in [0.25, 0.3) is 0 Å². The molecule has 7 heteroatoms. The van der Waals surface area contributed by atoms with E-state index in [1.54, 1.807) is 12.1 Å². The minimum atomic E-state index is -3.54. The molecule has 0 unspecified atom stereocenters. The van der Waals surface area contributed by atoms with Crippen LogP contribution < -0.4 is 10.6 Å². The zero-order valence-corrected chi connectivity index (χ0v) is 16.6. The van der Waals surface area contributed by atoms with Crippen LogP contribution in [0.3, 0.4) is 0 Å². The van der Waals surface area contributed by atoms with Gasteiger partial charge in [0, 0.05) is 25.5 Å². The minimum absolute atomic E-state index is 0.0413. The molecule has 0 radical (unpaired) electrons. The molecule has 0 bridgehead atoms. The first-order valence-corrected chi connectivity index (χ1v) is 9.69. The normalized spacial score (nSPS) is 11.5. The standard InChI is InChI=1S/C19H25N3O3S/c1-13-6-8-16(9-7-13)21-19(23)12-20-18-11-17(10-14(2)15(18)3)26(24,25)22(4)5/h6-11,20H,12H2,1-5H3,(H,21,23). The second-order valence-electron chi connectivity index (χ2n) is 6.47. The van der Waals surface area contributed by atoms with Gasteiger partial charge < -0.3 is 10.6 Å². The fraction of sp³-hybridized carbons (Fsp3) is 0.316. The van der Waals surface area contributed by atoms with Gasteiger partial charge in [0.05, 0.1) is 11.4 Å². The molecule has 0 aromatic heterocycles. The molecule has 0 aliphatic heterocycles. The van der Waals surface area contributed by atoms with Crippen molar-refractivity contribution in [3.8, 4) is 0 Å². The number of hydrogen-bond donors (Lipinski definition) is 2. The predicted molar refractivity (Wildman–Crippen MR) is 105 cm³/mol. The summed E-state index contributed by atoms with van der Waals surface area (Å²) in [6, 6.07) is 10.7. The van der Waals surface area contributed by atoms with Crippen LogP contribution in [0.1, 0.15) is 16.7 Å². The molecule has 0 saturated carbocycles. The number of carbonyl (C=O) groups is 1. The lowest BCUT2D eigenvalue weighted by Gasteiger charge is -2.17. The van der Waals surface area contributed by atoms with E-state index in [0.29, 0.717) is 5.69 Å². The zero-order chi connectivity index (χ0) is 19.5. The first-order valence-electron chi connectivity index (χ1n) is 8.25. The lowest BCUT2D eigenvalue weighted by atomic mass is 10.1. The Morgan fingerprint density at radius 3 is 2.23 bits per heavy atom. The highest BCUT2D eigenvalue weighted by Crippen LogP contribution is 2.25. The summed E-state index contributed by atoms with van der Waals surface area (Å²) in [5, 5.41) is 5.85. The summed E-state index contributed by atoms with van der Waals surface area (Å²) in [7, 11) is -0.552. The van der Waals surface area contributed by atoms with Crippen molar-refractivity contribution in [3.05, 3.63) is 53.1 Å². The van der Waals surface area contributed by atoms with Crippen molar-refractivity contribution in [1.82, 2.24) is 4.31 Å². The van der Waals surface area contributed by atoms with Gasteiger partial charge in [-0.2, -0.15) is 0 Å². The van der Waals surface area contributed by atoms with E-state index >= 15 is 0 Å². The topological polar surface area (TPSA) is 78.5 Å². The zero-order valence-electron chi connectivity index (χ0n) is 15.8. The minimum Gasteiger partial charge on any atom is -0.376 e. The number of benzene rings is 2. The van der Waals surface area contributed by atoms with Crippen LogP contribution in [0.5, 0.6) is 0 Å². The Labute approximate surface area is 155 Å². The smallest absolute Gasteiger partial charge is 0.243 e. The van der Waals surface area contributed by atoms with Crippen LogP contribution in [0.4, 0.5) is 11.4 Å². The molecule has 0 atom stereocenters. The van der Waals surface area contributed by atoms with Gasteiger partial charge in [-0.1, -0.05) is 17.7 Å². The molecule has 0 heterocycles. The van der Waals surface area contributed by atoms with E-state index in [2.05, 4.69) is 10.6 Å². The third-order valence-corrected chi connectivity index (χ3v) is 5.99. The van der Waals surface area contributed by atoms with Crippen LogP contribution in [0.2, 0.25) is 0 Å². The van der Waals surface area contributed by atoms with Gasteiger partial charge in [-0.25, -0.2) is 12.7 Å². The van der Waals surface area contributed by atoms with Crippen molar-refractivity contribution in [2.45, 2.75) is 25.7 Å². The van der Waals surface area contributed by atoms with E-state index in [1.165, 1.54) is 18.4 Å². The second-order valence-corrected chi connectivity index (χ2v) is 8.62. The van der Waals surface area contributed by atoms with Gasteiger partial charge in [-0.05, 0) is 56.2 Å². The fourth-order valence-electron chi connectivity index (χ4n) is 2.39. The van der Waals surface area contributed by atoms with Crippen molar-refractivity contribution < 1.29 is 13.2 Å². The predicted octanol–water partition coefficient (Wildman–Crippen LogP) is 2.91. The molecule has 26 heavy (non-hydrogen) atoms. The van der Waals surface area contributed by atoms with Crippen LogP contribution in [-0.4, -0.2) is 39.3 Å². The van der Waals surface area contributed by atoms with Crippen molar-refractivity contribution in [3.63, 3.8) is 0 Å². The number of amides is 1. The Morgan fingerprint density at radius 1 is 1.04 bits per heavy atom. The fourth-order valence-corrected chi connectivity index (χ4v) is 3.40. The van der Waals surface area contributed by atoms with Crippen molar-refractivity contribution in [2.75, 3.05) is 31.3 Å². The average Bonchev–Trinajstić information content (AvgIpc) is 2.57. The van der Waals surface area contributed by atoms with E-state index in [9.17, 15) is 13.2 Å². The molecule has 140 valence electrons. The van der Waals surface area contributed by atoms with Gasteiger partial charge in [0.2, 0.25) is 15.9 Å². The molecule has 2 rings (SSSR count). The lowest BCUT2D eigenvalue weighted by molar-refractivity contribution is -0.114. The number of rotatable bonds is 6. The third-order valence-electron chi connectivity index (χ3n) is 4.19. The first kappa shape index (κ1) is 19.9. The van der Waals surface area contributed by atoms with Crippen LogP contribution in [0.25, 0.3) is 0 Å². The number of carbonyl (C=O) groups excluding carboxylic acids is 1. The van der Waals surface area contributed by atoms with Crippen LogP contribution in [-0.2, 0) is 14.8 Å². The summed E-state index contributed by atoms with van der Waals surface area (Å²) in [5.41, 5.74) is 4.22. The van der Waals surface area contributed by atoms with E-state index in [1.807, 2.05) is 45.0 Å². The molecule has 2 N–H and O–H groups in total. The van der Waals surface area contributed by atoms with Crippen LogP contribution >= 0.6 is 0 Å². The number of nitrogens with one attached hydrogen (secondary N) is 2. The van der Waals surface area contributed by atoms with Crippen molar-refractivity contribution in [2.24, 2.45) is 0 Å². The number of anilines is 2. The maximum atomic E-state index is 12.4. The molecule has 0 spiro atoms. The molecule has 0 saturated heterocycles. The highest BCUT2D eigenvalue weighted by atomic mass is 32.2. The maximum Gasteiger partial charge on any atom is 0.243 e. The highest BCUT2D eigenvalue weighted by molar-refractivity contribution is 7.89. The molecule has 0 aliphatic rings. The third kappa shape index (κ3) is 4.62. The lowest BCUT2D eigenvalue weighted by Crippen LogP contribution is -2.24. The molecule has 1 amide bonds. The van der Waals surface area contributed by atoms with E-state index < -0.39 is 10.0 Å². The Hall–Kier alpha value is -2.38. The number of nitrogens with zero attached hydrogens (tertiary/aromatic N) is 1. The summed E-state index contributed by atoms with van der Waals surface area (Å²) in [6.07, 6.45) is 0. The van der Waals surface area contributed by atoms with Crippen molar-refractivity contribution in [1.29, 1.82) is 0 Å². The van der Waals surface area contributed by atoms with Gasteiger partial charge in [-0.15, -0.1) is 0 Å². The Morgan fingerprint density at radius 2 is 1.65 bits per heavy atom. The summed E-state index contributed by atoms with van der Waals surface area (Å²) in [6.45, 7) is 5.76. The van der Waals surface area contributed by atoms with E-state index in [4.69, 9.17) is 0 Å². The average molecular weight is 375 g/mol.